The SMILES string of the molecule is CCC(CN)Nc1ccc([N+](=O)[O-])cc1. The molecule has 0 aromatic heterocycles. The molecule has 0 aliphatic rings. The number of hydrogen-bond donors (Lipinski definition) is 2. The van der Waals surface area contributed by atoms with E-state index in [1.54, 1.807) is 12.1 Å². The molecule has 0 spiro atoms. The van der Waals surface area contributed by atoms with Crippen LogP contribution in [0.15, 0.2) is 24.3 Å². The van der Waals surface area contributed by atoms with Gasteiger partial charge in [0.05, 0.1) is 4.92 Å². The fraction of sp³-hybridized carbons (Fsp3) is 0.400. The summed E-state index contributed by atoms with van der Waals surface area (Å²) in [5.74, 6) is 0. The normalized spacial score (nSPS) is 12.1. The van der Waals surface area contributed by atoms with Gasteiger partial charge >= 0.3 is 0 Å². The molecule has 15 heavy (non-hydrogen) atoms. The van der Waals surface area contributed by atoms with E-state index in [1.807, 2.05) is 6.92 Å². The summed E-state index contributed by atoms with van der Waals surface area (Å²) in [5.41, 5.74) is 6.50. The van der Waals surface area contributed by atoms with E-state index in [-0.39, 0.29) is 11.7 Å². The number of nitro benzene ring substituents is 1. The lowest BCUT2D eigenvalue weighted by Crippen LogP contribution is -2.27. The summed E-state index contributed by atoms with van der Waals surface area (Å²) in [5, 5.41) is 13.6. The van der Waals surface area contributed by atoms with Crippen molar-refractivity contribution in [1.82, 2.24) is 0 Å². The van der Waals surface area contributed by atoms with Crippen molar-refractivity contribution in [2.45, 2.75) is 19.4 Å². The first kappa shape index (κ1) is 11.5. The van der Waals surface area contributed by atoms with E-state index in [0.29, 0.717) is 6.54 Å². The molecular weight excluding hydrogens is 194 g/mol. The van der Waals surface area contributed by atoms with Crippen molar-refractivity contribution in [3.63, 3.8) is 0 Å². The zero-order valence-electron chi connectivity index (χ0n) is 8.64. The molecule has 0 fully saturated rings. The van der Waals surface area contributed by atoms with Crippen molar-refractivity contribution in [2.75, 3.05) is 11.9 Å². The van der Waals surface area contributed by atoms with Crippen LogP contribution in [0, 0.1) is 10.1 Å². The number of nitro groups is 1. The van der Waals surface area contributed by atoms with E-state index >= 15 is 0 Å². The van der Waals surface area contributed by atoms with Gasteiger partial charge in [0.15, 0.2) is 0 Å². The van der Waals surface area contributed by atoms with E-state index in [0.717, 1.165) is 12.1 Å². The Morgan fingerprint density at radius 1 is 1.47 bits per heavy atom. The van der Waals surface area contributed by atoms with Crippen molar-refractivity contribution in [3.8, 4) is 0 Å². The Morgan fingerprint density at radius 2 is 2.07 bits per heavy atom. The minimum Gasteiger partial charge on any atom is -0.381 e. The van der Waals surface area contributed by atoms with Gasteiger partial charge in [-0.05, 0) is 18.6 Å². The largest absolute Gasteiger partial charge is 0.381 e. The first-order valence-corrected chi connectivity index (χ1v) is 4.88. The van der Waals surface area contributed by atoms with E-state index in [4.69, 9.17) is 5.73 Å². The minimum atomic E-state index is -0.413. The summed E-state index contributed by atoms with van der Waals surface area (Å²) < 4.78 is 0. The zero-order valence-corrected chi connectivity index (χ0v) is 8.64. The third-order valence-electron chi connectivity index (χ3n) is 2.23. The molecule has 82 valence electrons. The van der Waals surface area contributed by atoms with Crippen molar-refractivity contribution in [2.24, 2.45) is 5.73 Å². The van der Waals surface area contributed by atoms with Crippen LogP contribution in [0.3, 0.4) is 0 Å². The fourth-order valence-corrected chi connectivity index (χ4v) is 1.24. The highest BCUT2D eigenvalue weighted by Crippen LogP contribution is 2.16. The lowest BCUT2D eigenvalue weighted by atomic mass is 10.2. The number of rotatable bonds is 5. The maximum atomic E-state index is 10.4. The van der Waals surface area contributed by atoms with Gasteiger partial charge in [0.25, 0.3) is 5.69 Å². The third-order valence-corrected chi connectivity index (χ3v) is 2.23. The maximum Gasteiger partial charge on any atom is 0.269 e. The number of benzene rings is 1. The topological polar surface area (TPSA) is 81.2 Å². The van der Waals surface area contributed by atoms with E-state index < -0.39 is 4.92 Å². The van der Waals surface area contributed by atoms with Gasteiger partial charge in [-0.25, -0.2) is 0 Å². The highest BCUT2D eigenvalue weighted by atomic mass is 16.6. The van der Waals surface area contributed by atoms with E-state index in [1.165, 1.54) is 12.1 Å². The Kier molecular flexibility index (Phi) is 4.05. The maximum absolute atomic E-state index is 10.4. The molecule has 0 aliphatic heterocycles. The predicted molar refractivity (Wildman–Crippen MR) is 59.9 cm³/mol. The van der Waals surface area contributed by atoms with Crippen LogP contribution in [0.1, 0.15) is 13.3 Å². The molecule has 0 heterocycles. The Bertz CT molecular complexity index is 320. The molecule has 1 aromatic rings. The number of nitrogens with two attached hydrogens (primary N) is 1. The van der Waals surface area contributed by atoms with Crippen LogP contribution >= 0.6 is 0 Å². The van der Waals surface area contributed by atoms with E-state index in [9.17, 15) is 10.1 Å². The molecule has 0 aliphatic carbocycles. The lowest BCUT2D eigenvalue weighted by Gasteiger charge is -2.15. The Morgan fingerprint density at radius 3 is 2.47 bits per heavy atom. The van der Waals surface area contributed by atoms with Crippen LogP contribution in [0.4, 0.5) is 11.4 Å². The summed E-state index contributed by atoms with van der Waals surface area (Å²) in [6.07, 6.45) is 0.924. The average Bonchev–Trinajstić information content (AvgIpc) is 2.26. The number of nitrogens with zero attached hydrogens (tertiary/aromatic N) is 1. The first-order valence-electron chi connectivity index (χ1n) is 4.88. The van der Waals surface area contributed by atoms with Crippen LogP contribution in [-0.2, 0) is 0 Å². The van der Waals surface area contributed by atoms with Gasteiger partial charge in [-0.1, -0.05) is 6.92 Å². The van der Waals surface area contributed by atoms with Crippen LogP contribution in [0.25, 0.3) is 0 Å². The van der Waals surface area contributed by atoms with Crippen LogP contribution in [0.5, 0.6) is 0 Å². The van der Waals surface area contributed by atoms with Gasteiger partial charge in [0.2, 0.25) is 0 Å². The summed E-state index contributed by atoms with van der Waals surface area (Å²) in [4.78, 5) is 10.00. The molecule has 5 heteroatoms. The predicted octanol–water partition coefficient (Wildman–Crippen LogP) is 1.74. The Hall–Kier alpha value is -1.62. The van der Waals surface area contributed by atoms with Crippen molar-refractivity contribution >= 4 is 11.4 Å². The second-order valence-electron chi connectivity index (χ2n) is 3.29. The quantitative estimate of drug-likeness (QED) is 0.571. The fourth-order valence-electron chi connectivity index (χ4n) is 1.24. The first-order chi connectivity index (χ1) is 7.17. The number of nitrogens with one attached hydrogen (secondary N) is 1. The third kappa shape index (κ3) is 3.21. The Balaban J connectivity index is 2.67. The minimum absolute atomic E-state index is 0.0985. The highest BCUT2D eigenvalue weighted by Gasteiger charge is 2.06. The number of non-ortho nitro benzene ring substituents is 1. The molecule has 0 radical (unpaired) electrons. The van der Waals surface area contributed by atoms with Gasteiger partial charge in [-0.2, -0.15) is 0 Å². The molecule has 0 saturated carbocycles. The molecule has 0 amide bonds. The monoisotopic (exact) mass is 209 g/mol. The average molecular weight is 209 g/mol. The van der Waals surface area contributed by atoms with Crippen LogP contribution in [0.2, 0.25) is 0 Å². The van der Waals surface area contributed by atoms with Gasteiger partial charge in [0.1, 0.15) is 0 Å². The summed E-state index contributed by atoms with van der Waals surface area (Å²) >= 11 is 0. The van der Waals surface area contributed by atoms with Gasteiger partial charge < -0.3 is 11.1 Å². The van der Waals surface area contributed by atoms with Crippen molar-refractivity contribution in [3.05, 3.63) is 34.4 Å². The molecule has 0 saturated heterocycles. The summed E-state index contributed by atoms with van der Waals surface area (Å²) in [6, 6.07) is 6.55. The van der Waals surface area contributed by atoms with Gasteiger partial charge in [-0.15, -0.1) is 0 Å². The van der Waals surface area contributed by atoms with Crippen LogP contribution < -0.4 is 11.1 Å². The molecular formula is C10H15N3O2. The second kappa shape index (κ2) is 5.31. The lowest BCUT2D eigenvalue weighted by molar-refractivity contribution is -0.384. The molecule has 1 atom stereocenters. The molecule has 1 aromatic carbocycles. The molecule has 1 rings (SSSR count). The standard InChI is InChI=1S/C10H15N3O2/c1-2-8(7-11)12-9-3-5-10(6-4-9)13(14)15/h3-6,8,12H,2,7,11H2,1H3. The zero-order chi connectivity index (χ0) is 11.3. The van der Waals surface area contributed by atoms with Gasteiger partial charge in [0, 0.05) is 30.4 Å². The molecule has 1 unspecified atom stereocenters. The molecule has 3 N–H and O–H groups in total. The van der Waals surface area contributed by atoms with E-state index in [2.05, 4.69) is 5.32 Å². The smallest absolute Gasteiger partial charge is 0.269 e. The molecule has 0 bridgehead atoms. The van der Waals surface area contributed by atoms with Crippen molar-refractivity contribution in [1.29, 1.82) is 0 Å². The van der Waals surface area contributed by atoms with Crippen molar-refractivity contribution < 1.29 is 4.92 Å². The Labute approximate surface area is 88.4 Å². The van der Waals surface area contributed by atoms with Gasteiger partial charge in [-0.3, -0.25) is 10.1 Å². The second-order valence-corrected chi connectivity index (χ2v) is 3.29. The highest BCUT2D eigenvalue weighted by molar-refractivity contribution is 5.49. The number of anilines is 1. The summed E-state index contributed by atoms with van der Waals surface area (Å²) in [6.45, 7) is 2.59. The summed E-state index contributed by atoms with van der Waals surface area (Å²) in [7, 11) is 0. The number of hydrogen-bond acceptors (Lipinski definition) is 4. The molecule has 5 nitrogen and oxygen atoms in total. The van der Waals surface area contributed by atoms with Crippen LogP contribution in [-0.4, -0.2) is 17.5 Å².